The minimum absolute atomic E-state index is 0. The van der Waals surface area contributed by atoms with E-state index in [-0.39, 0.29) is 29.5 Å². The first kappa shape index (κ1) is 22.9. The Kier molecular flexibility index (Phi) is 10.6. The normalized spacial score (nSPS) is 22.8. The number of likely N-dealkylation sites (tertiary alicyclic amines) is 1. The van der Waals surface area contributed by atoms with Crippen molar-refractivity contribution in [2.24, 2.45) is 4.99 Å². The van der Waals surface area contributed by atoms with Crippen LogP contribution in [-0.2, 0) is 9.47 Å². The van der Waals surface area contributed by atoms with E-state index in [9.17, 15) is 0 Å². The molecular formula is C18H37IN4O2. The maximum absolute atomic E-state index is 6.04. The van der Waals surface area contributed by atoms with Crippen molar-refractivity contribution in [3.63, 3.8) is 0 Å². The third-order valence-electron chi connectivity index (χ3n) is 4.56. The first-order chi connectivity index (χ1) is 11.5. The van der Waals surface area contributed by atoms with E-state index in [0.717, 1.165) is 64.6 Å². The zero-order valence-corrected chi connectivity index (χ0v) is 18.7. The molecule has 1 unspecified atom stereocenters. The zero-order valence-electron chi connectivity index (χ0n) is 16.3. The van der Waals surface area contributed by atoms with Crippen molar-refractivity contribution in [3.05, 3.63) is 0 Å². The molecular weight excluding hydrogens is 431 g/mol. The summed E-state index contributed by atoms with van der Waals surface area (Å²) in [5.41, 5.74) is 0.157. The second kappa shape index (κ2) is 11.6. The summed E-state index contributed by atoms with van der Waals surface area (Å²) in [4.78, 5) is 6.76. The molecule has 1 atom stereocenters. The van der Waals surface area contributed by atoms with Crippen LogP contribution in [0.5, 0.6) is 0 Å². The van der Waals surface area contributed by atoms with E-state index in [1.54, 1.807) is 0 Å². The second-order valence-corrected chi connectivity index (χ2v) is 7.81. The van der Waals surface area contributed by atoms with Crippen molar-refractivity contribution in [2.75, 3.05) is 46.4 Å². The Labute approximate surface area is 170 Å². The van der Waals surface area contributed by atoms with Crippen LogP contribution in [0.1, 0.15) is 46.5 Å². The van der Waals surface area contributed by atoms with Crippen molar-refractivity contribution in [1.82, 2.24) is 15.5 Å². The summed E-state index contributed by atoms with van der Waals surface area (Å²) < 4.78 is 11.7. The molecule has 0 aliphatic carbocycles. The largest absolute Gasteiger partial charge is 0.376 e. The predicted octanol–water partition coefficient (Wildman–Crippen LogP) is 2.23. The zero-order chi connectivity index (χ0) is 17.4. The summed E-state index contributed by atoms with van der Waals surface area (Å²) in [5, 5.41) is 6.94. The maximum Gasteiger partial charge on any atom is 0.193 e. The molecule has 2 saturated heterocycles. The van der Waals surface area contributed by atoms with Gasteiger partial charge in [-0.05, 0) is 46.5 Å². The van der Waals surface area contributed by atoms with Gasteiger partial charge in [0.25, 0.3) is 0 Å². The molecule has 2 aliphatic rings. The highest BCUT2D eigenvalue weighted by Gasteiger charge is 2.24. The van der Waals surface area contributed by atoms with Crippen molar-refractivity contribution in [2.45, 2.75) is 64.2 Å². The van der Waals surface area contributed by atoms with Crippen LogP contribution in [-0.4, -0.2) is 75.0 Å². The van der Waals surface area contributed by atoms with Crippen molar-refractivity contribution in [1.29, 1.82) is 0 Å². The topological polar surface area (TPSA) is 58.1 Å². The number of guanidine groups is 1. The molecule has 2 N–H and O–H groups in total. The summed E-state index contributed by atoms with van der Waals surface area (Å²) in [5.74, 6) is 1.00. The van der Waals surface area contributed by atoms with E-state index in [0.29, 0.717) is 12.2 Å². The number of nitrogens with zero attached hydrogens (tertiary/aromatic N) is 2. The molecule has 0 aromatic carbocycles. The highest BCUT2D eigenvalue weighted by Crippen LogP contribution is 2.17. The fourth-order valence-corrected chi connectivity index (χ4v) is 3.20. The minimum atomic E-state index is 0. The summed E-state index contributed by atoms with van der Waals surface area (Å²) in [6.45, 7) is 12.0. The fourth-order valence-electron chi connectivity index (χ4n) is 3.20. The van der Waals surface area contributed by atoms with Gasteiger partial charge in [-0.15, -0.1) is 24.0 Å². The molecule has 148 valence electrons. The number of hydrogen-bond donors (Lipinski definition) is 2. The molecule has 2 heterocycles. The molecule has 0 bridgehead atoms. The molecule has 6 nitrogen and oxygen atoms in total. The molecule has 0 aromatic rings. The highest BCUT2D eigenvalue weighted by molar-refractivity contribution is 14.0. The van der Waals surface area contributed by atoms with Crippen LogP contribution in [0.4, 0.5) is 0 Å². The highest BCUT2D eigenvalue weighted by atomic mass is 127. The van der Waals surface area contributed by atoms with E-state index >= 15 is 0 Å². The van der Waals surface area contributed by atoms with Gasteiger partial charge in [-0.1, -0.05) is 0 Å². The van der Waals surface area contributed by atoms with E-state index < -0.39 is 0 Å². The van der Waals surface area contributed by atoms with Gasteiger partial charge in [-0.25, -0.2) is 0 Å². The monoisotopic (exact) mass is 468 g/mol. The van der Waals surface area contributed by atoms with Crippen LogP contribution in [0.3, 0.4) is 0 Å². The summed E-state index contributed by atoms with van der Waals surface area (Å²) in [6.07, 6.45) is 5.15. The average Bonchev–Trinajstić information content (AvgIpc) is 3.06. The Morgan fingerprint density at radius 1 is 1.20 bits per heavy atom. The number of halogens is 1. The SMILES string of the molecule is CN=C(NCCNC(C)(C)C)N1CCC(OCC2CCCO2)CC1.I. The number of ether oxygens (including phenoxy) is 2. The molecule has 2 aliphatic heterocycles. The van der Waals surface area contributed by atoms with E-state index in [1.807, 2.05) is 7.05 Å². The van der Waals surface area contributed by atoms with Crippen LogP contribution in [0, 0.1) is 0 Å². The van der Waals surface area contributed by atoms with Gasteiger partial charge in [0, 0.05) is 45.4 Å². The number of aliphatic imine (C=N–C) groups is 1. The molecule has 0 amide bonds. The van der Waals surface area contributed by atoms with Crippen LogP contribution in [0.25, 0.3) is 0 Å². The lowest BCUT2D eigenvalue weighted by atomic mass is 10.1. The third-order valence-corrected chi connectivity index (χ3v) is 4.56. The number of hydrogen-bond acceptors (Lipinski definition) is 4. The lowest BCUT2D eigenvalue weighted by molar-refractivity contribution is -0.0367. The van der Waals surface area contributed by atoms with Crippen molar-refractivity contribution in [3.8, 4) is 0 Å². The second-order valence-electron chi connectivity index (χ2n) is 7.81. The van der Waals surface area contributed by atoms with Gasteiger partial charge in [0.05, 0.1) is 18.8 Å². The number of piperidine rings is 1. The first-order valence-electron chi connectivity index (χ1n) is 9.42. The minimum Gasteiger partial charge on any atom is -0.376 e. The van der Waals surface area contributed by atoms with E-state index in [4.69, 9.17) is 9.47 Å². The van der Waals surface area contributed by atoms with Gasteiger partial charge in [0.2, 0.25) is 0 Å². The molecule has 2 fully saturated rings. The smallest absolute Gasteiger partial charge is 0.193 e. The molecule has 25 heavy (non-hydrogen) atoms. The Bertz CT molecular complexity index is 387. The fraction of sp³-hybridized carbons (Fsp3) is 0.944. The van der Waals surface area contributed by atoms with E-state index in [2.05, 4.69) is 41.3 Å². The Hall–Kier alpha value is -0.120. The first-order valence-corrected chi connectivity index (χ1v) is 9.42. The van der Waals surface area contributed by atoms with Gasteiger partial charge >= 0.3 is 0 Å². The summed E-state index contributed by atoms with van der Waals surface area (Å²) in [7, 11) is 1.86. The standard InChI is InChI=1S/C18H36N4O2.HI/c1-18(2,3)21-10-9-20-17(19-4)22-11-7-15(8-12-22)24-14-16-6-5-13-23-16;/h15-16,21H,5-14H2,1-4H3,(H,19,20);1H. The Morgan fingerprint density at radius 3 is 2.48 bits per heavy atom. The van der Waals surface area contributed by atoms with E-state index in [1.165, 1.54) is 6.42 Å². The van der Waals surface area contributed by atoms with Crippen LogP contribution >= 0.6 is 24.0 Å². The molecule has 0 spiro atoms. The molecule has 0 radical (unpaired) electrons. The number of nitrogens with one attached hydrogen (secondary N) is 2. The maximum atomic E-state index is 6.04. The van der Waals surface area contributed by atoms with Gasteiger partial charge in [-0.3, -0.25) is 4.99 Å². The Morgan fingerprint density at radius 2 is 1.92 bits per heavy atom. The van der Waals surface area contributed by atoms with Gasteiger partial charge in [0.15, 0.2) is 5.96 Å². The van der Waals surface area contributed by atoms with Crippen molar-refractivity contribution < 1.29 is 9.47 Å². The Balaban J connectivity index is 0.00000312. The third kappa shape index (κ3) is 8.88. The molecule has 0 aromatic heterocycles. The lowest BCUT2D eigenvalue weighted by Gasteiger charge is -2.34. The van der Waals surface area contributed by atoms with Gasteiger partial charge in [0.1, 0.15) is 0 Å². The predicted molar refractivity (Wildman–Crippen MR) is 114 cm³/mol. The van der Waals surface area contributed by atoms with Gasteiger partial charge < -0.3 is 25.0 Å². The van der Waals surface area contributed by atoms with Crippen molar-refractivity contribution >= 4 is 29.9 Å². The van der Waals surface area contributed by atoms with Crippen LogP contribution in [0.15, 0.2) is 4.99 Å². The van der Waals surface area contributed by atoms with Gasteiger partial charge in [-0.2, -0.15) is 0 Å². The average molecular weight is 468 g/mol. The van der Waals surface area contributed by atoms with Crippen LogP contribution < -0.4 is 10.6 Å². The summed E-state index contributed by atoms with van der Waals surface area (Å²) >= 11 is 0. The molecule has 2 rings (SSSR count). The summed E-state index contributed by atoms with van der Waals surface area (Å²) in [6, 6.07) is 0. The molecule has 0 saturated carbocycles. The number of rotatable bonds is 6. The quantitative estimate of drug-likeness (QED) is 0.271. The molecule has 7 heteroatoms. The van der Waals surface area contributed by atoms with Crippen LogP contribution in [0.2, 0.25) is 0 Å². The lowest BCUT2D eigenvalue weighted by Crippen LogP contribution is -2.49.